The molecule has 5 nitrogen and oxygen atoms in total. The predicted octanol–water partition coefficient (Wildman–Crippen LogP) is -1.96. The quantitative estimate of drug-likeness (QED) is 0.354. The highest BCUT2D eigenvalue weighted by Gasteiger charge is 1.79. The smallest absolute Gasteiger partial charge is 0.282 e. The largest absolute Gasteiger partial charge is 0.324 e. The molecule has 0 saturated heterocycles. The van der Waals surface area contributed by atoms with E-state index in [2.05, 4.69) is 5.43 Å². The number of para-hydroxylation sites is 1. The number of halogens is 1. The van der Waals surface area contributed by atoms with E-state index < -0.39 is 10.8 Å². The molecule has 68 valence electrons. The Balaban J connectivity index is 0.000000261. The molecule has 0 spiro atoms. The summed E-state index contributed by atoms with van der Waals surface area (Å²) in [5.74, 6) is 5.10. The van der Waals surface area contributed by atoms with Crippen LogP contribution in [0.3, 0.4) is 0 Å². The highest BCUT2D eigenvalue weighted by atomic mass is 35.6. The van der Waals surface area contributed by atoms with Gasteiger partial charge in [0.1, 0.15) is 0 Å². The summed E-state index contributed by atoms with van der Waals surface area (Å²) in [6.07, 6.45) is 0. The van der Waals surface area contributed by atoms with Crippen LogP contribution >= 0.6 is 0 Å². The first-order valence-electron chi connectivity index (χ1n) is 2.93. The summed E-state index contributed by atoms with van der Waals surface area (Å²) in [5, 5.41) is 0. The average molecular weight is 193 g/mol. The minimum absolute atomic E-state index is 0.938. The number of rotatable bonds is 1. The molecule has 0 heterocycles. The second-order valence-electron chi connectivity index (χ2n) is 1.71. The lowest BCUT2D eigenvalue weighted by molar-refractivity contribution is -1.63. The monoisotopic (exact) mass is 192 g/mol. The maximum absolute atomic E-state index is 8.52. The molecular weight excluding hydrogens is 184 g/mol. The van der Waals surface area contributed by atoms with E-state index in [1.807, 2.05) is 30.3 Å². The molecule has 0 bridgehead atoms. The first-order valence-corrected chi connectivity index (χ1v) is 3.88. The second kappa shape index (κ2) is 6.84. The summed E-state index contributed by atoms with van der Waals surface area (Å²) in [5.41, 5.74) is 3.46. The Labute approximate surface area is 72.8 Å². The van der Waals surface area contributed by atoms with Gasteiger partial charge < -0.3 is 14.7 Å². The molecule has 0 saturated carbocycles. The molecule has 12 heavy (non-hydrogen) atoms. The fourth-order valence-corrected chi connectivity index (χ4v) is 0.534. The third-order valence-corrected chi connectivity index (χ3v) is 0.940. The van der Waals surface area contributed by atoms with Crippen LogP contribution < -0.4 is 20.6 Å². The third kappa shape index (κ3) is 7.26. The number of benzene rings is 1. The van der Waals surface area contributed by atoms with Gasteiger partial charge in [-0.2, -0.15) is 0 Å². The molecule has 0 amide bonds. The van der Waals surface area contributed by atoms with Crippen molar-refractivity contribution in [1.29, 1.82) is 0 Å². The highest BCUT2D eigenvalue weighted by Crippen LogP contribution is 2.00. The number of hydrazine groups is 1. The summed E-state index contributed by atoms with van der Waals surface area (Å²) in [6, 6.07) is 9.60. The van der Waals surface area contributed by atoms with E-state index in [0.717, 1.165) is 5.69 Å². The van der Waals surface area contributed by atoms with Crippen molar-refractivity contribution in [3.63, 3.8) is 0 Å². The van der Waals surface area contributed by atoms with Crippen LogP contribution in [0.4, 0.5) is 5.69 Å². The van der Waals surface area contributed by atoms with E-state index in [4.69, 9.17) is 19.8 Å². The first kappa shape index (κ1) is 11.2. The Morgan fingerprint density at radius 2 is 1.67 bits per heavy atom. The van der Waals surface area contributed by atoms with Gasteiger partial charge in [-0.1, -0.05) is 18.2 Å². The molecule has 0 aromatic heterocycles. The predicted molar refractivity (Wildman–Crippen MR) is 36.5 cm³/mol. The maximum Gasteiger partial charge on any atom is 0.282 e. The molecule has 0 radical (unpaired) electrons. The van der Waals surface area contributed by atoms with Gasteiger partial charge in [-0.3, -0.25) is 5.84 Å². The van der Waals surface area contributed by atoms with Gasteiger partial charge in [0.2, 0.25) is 0 Å². The number of hydrogen-bond acceptors (Lipinski definition) is 5. The van der Waals surface area contributed by atoms with Crippen LogP contribution in [0.5, 0.6) is 0 Å². The zero-order valence-electron chi connectivity index (χ0n) is 6.11. The van der Waals surface area contributed by atoms with Crippen molar-refractivity contribution in [2.24, 2.45) is 5.84 Å². The SMILES string of the molecule is NNc1ccccc1.[O-][Cl+2]([O-])O. The van der Waals surface area contributed by atoms with Crippen LogP contribution in [-0.4, -0.2) is 4.66 Å². The minimum Gasteiger partial charge on any atom is -0.324 e. The fourth-order valence-electron chi connectivity index (χ4n) is 0.534. The minimum atomic E-state index is -2.60. The van der Waals surface area contributed by atoms with Crippen LogP contribution in [0, 0.1) is 10.8 Å². The lowest BCUT2D eigenvalue weighted by atomic mass is 10.3. The van der Waals surface area contributed by atoms with Crippen LogP contribution in [0.1, 0.15) is 0 Å². The van der Waals surface area contributed by atoms with Gasteiger partial charge in [0.05, 0.1) is 0 Å². The molecule has 0 unspecified atom stereocenters. The third-order valence-electron chi connectivity index (χ3n) is 0.940. The van der Waals surface area contributed by atoms with Crippen LogP contribution in [0.15, 0.2) is 30.3 Å². The lowest BCUT2D eigenvalue weighted by Crippen LogP contribution is -2.30. The van der Waals surface area contributed by atoms with Gasteiger partial charge in [0.15, 0.2) is 0 Å². The van der Waals surface area contributed by atoms with Crippen molar-refractivity contribution < 1.29 is 24.8 Å². The number of nitrogens with two attached hydrogens (primary N) is 1. The summed E-state index contributed by atoms with van der Waals surface area (Å²) < 4.78 is 24.0. The molecule has 0 aliphatic heterocycles. The van der Waals surface area contributed by atoms with E-state index in [1.165, 1.54) is 0 Å². The van der Waals surface area contributed by atoms with E-state index in [0.29, 0.717) is 0 Å². The number of hydrogen-bond donors (Lipinski definition) is 3. The molecule has 0 aliphatic rings. The standard InChI is InChI=1S/C6H8N2.ClHO3/c7-8-6-4-2-1-3-5-6;2-1(3)4/h1-5,8H,7H2;2H. The summed E-state index contributed by atoms with van der Waals surface area (Å²) >= 11 is 0. The van der Waals surface area contributed by atoms with Crippen LogP contribution in [0.2, 0.25) is 0 Å². The molecular formula is C6H9ClN2O3. The average Bonchev–Trinajstić information content (AvgIpc) is 2.05. The molecule has 1 rings (SSSR count). The van der Waals surface area contributed by atoms with E-state index in [9.17, 15) is 0 Å². The van der Waals surface area contributed by atoms with Crippen molar-refractivity contribution in [1.82, 2.24) is 0 Å². The fraction of sp³-hybridized carbons (Fsp3) is 0. The van der Waals surface area contributed by atoms with Crippen LogP contribution in [0.25, 0.3) is 0 Å². The van der Waals surface area contributed by atoms with Gasteiger partial charge >= 0.3 is 0 Å². The normalized spacial score (nSPS) is 8.75. The molecule has 0 aliphatic carbocycles. The van der Waals surface area contributed by atoms with E-state index in [-0.39, 0.29) is 0 Å². The summed E-state index contributed by atoms with van der Waals surface area (Å²) in [7, 11) is -2.60. The van der Waals surface area contributed by atoms with Gasteiger partial charge in [0, 0.05) is 10.3 Å². The molecule has 1 aromatic rings. The lowest BCUT2D eigenvalue weighted by Gasteiger charge is -1.94. The van der Waals surface area contributed by atoms with Crippen molar-refractivity contribution in [3.05, 3.63) is 30.3 Å². The second-order valence-corrected chi connectivity index (χ2v) is 2.11. The highest BCUT2D eigenvalue weighted by molar-refractivity contribution is 5.40. The number of anilines is 1. The summed E-state index contributed by atoms with van der Waals surface area (Å²) in [4.78, 5) is 0. The van der Waals surface area contributed by atoms with Gasteiger partial charge in [-0.25, -0.2) is 0 Å². The van der Waals surface area contributed by atoms with E-state index in [1.54, 1.807) is 0 Å². The Morgan fingerprint density at radius 1 is 1.25 bits per heavy atom. The van der Waals surface area contributed by atoms with Crippen molar-refractivity contribution >= 4 is 5.69 Å². The molecule has 0 fully saturated rings. The number of nitrogen functional groups attached to an aromatic ring is 1. The number of nitrogens with one attached hydrogen (secondary N) is 1. The maximum atomic E-state index is 8.52. The Hall–Kier alpha value is -0.850. The topological polar surface area (TPSA) is 104 Å². The molecule has 0 atom stereocenters. The first-order chi connectivity index (χ1) is 5.66. The van der Waals surface area contributed by atoms with Gasteiger partial charge in [-0.05, 0) is 12.1 Å². The van der Waals surface area contributed by atoms with Gasteiger partial charge in [-0.15, -0.1) is 0 Å². The van der Waals surface area contributed by atoms with Crippen molar-refractivity contribution in [2.45, 2.75) is 0 Å². The van der Waals surface area contributed by atoms with Crippen molar-refractivity contribution in [3.8, 4) is 0 Å². The zero-order chi connectivity index (χ0) is 9.40. The Kier molecular flexibility index (Phi) is 6.35. The molecule has 4 N–H and O–H groups in total. The van der Waals surface area contributed by atoms with Crippen LogP contribution in [-0.2, 0) is 0 Å². The molecule has 1 aromatic carbocycles. The Morgan fingerprint density at radius 3 is 1.92 bits per heavy atom. The molecule has 6 heteroatoms. The zero-order valence-corrected chi connectivity index (χ0v) is 6.86. The Bertz CT molecular complexity index is 192. The summed E-state index contributed by atoms with van der Waals surface area (Å²) in [6.45, 7) is 0. The van der Waals surface area contributed by atoms with Crippen molar-refractivity contribution in [2.75, 3.05) is 5.43 Å². The van der Waals surface area contributed by atoms with E-state index >= 15 is 0 Å². The van der Waals surface area contributed by atoms with Gasteiger partial charge in [0.25, 0.3) is 10.8 Å².